The second-order valence-corrected chi connectivity index (χ2v) is 8.37. The molecule has 0 unspecified atom stereocenters. The third-order valence-electron chi connectivity index (χ3n) is 6.24. The van der Waals surface area contributed by atoms with Crippen LogP contribution in [0.2, 0.25) is 0 Å². The van der Waals surface area contributed by atoms with Crippen molar-refractivity contribution in [2.24, 2.45) is 0 Å². The summed E-state index contributed by atoms with van der Waals surface area (Å²) in [6.45, 7) is 1.48. The Bertz CT molecular complexity index is 1210. The van der Waals surface area contributed by atoms with Gasteiger partial charge in [0.1, 0.15) is 35.9 Å². The number of ether oxygens (including phenoxy) is 4. The zero-order chi connectivity index (χ0) is 24.7. The number of fused-ring (bicyclic) bond motifs is 1. The molecule has 0 saturated carbocycles. The van der Waals surface area contributed by atoms with E-state index >= 15 is 0 Å². The Balaban J connectivity index is 1.46. The predicted octanol–water partition coefficient (Wildman–Crippen LogP) is 0.919. The third-order valence-corrected chi connectivity index (χ3v) is 6.24. The molecule has 1 fully saturated rings. The molecule has 11 nitrogen and oxygen atoms in total. The van der Waals surface area contributed by atoms with Crippen LogP contribution in [-0.2, 0) is 11.2 Å². The lowest BCUT2D eigenvalue weighted by Gasteiger charge is -2.39. The van der Waals surface area contributed by atoms with Crippen LogP contribution in [0.25, 0.3) is 22.4 Å². The van der Waals surface area contributed by atoms with Gasteiger partial charge in [0.25, 0.3) is 0 Å². The molecule has 0 spiro atoms. The molecule has 0 bridgehead atoms. The van der Waals surface area contributed by atoms with Crippen molar-refractivity contribution in [3.05, 3.63) is 42.1 Å². The first-order valence-corrected chi connectivity index (χ1v) is 11.2. The number of aliphatic hydroxyl groups excluding tert-OH is 4. The predicted molar refractivity (Wildman–Crippen MR) is 121 cm³/mol. The second kappa shape index (κ2) is 9.36. The quantitative estimate of drug-likeness (QED) is 0.295. The second-order valence-electron chi connectivity index (χ2n) is 8.37. The average molecular weight is 486 g/mol. The number of H-pyrrole nitrogens is 1. The summed E-state index contributed by atoms with van der Waals surface area (Å²) < 4.78 is 22.1. The minimum absolute atomic E-state index is 0.118. The van der Waals surface area contributed by atoms with Gasteiger partial charge in [0, 0.05) is 17.2 Å². The van der Waals surface area contributed by atoms with Gasteiger partial charge in [0.15, 0.2) is 11.5 Å². The number of aromatic hydroxyl groups is 1. The Morgan fingerprint density at radius 3 is 2.60 bits per heavy atom. The monoisotopic (exact) mass is 486 g/mol. The van der Waals surface area contributed by atoms with E-state index in [4.69, 9.17) is 18.9 Å². The number of rotatable bonds is 6. The number of phenols is 1. The van der Waals surface area contributed by atoms with Gasteiger partial charge in [0.05, 0.1) is 18.5 Å². The van der Waals surface area contributed by atoms with Gasteiger partial charge in [0.2, 0.25) is 13.1 Å². The molecule has 1 aromatic heterocycles. The van der Waals surface area contributed by atoms with Crippen molar-refractivity contribution in [3.8, 4) is 45.4 Å². The Hall–Kier alpha value is -3.35. The molecule has 2 aliphatic heterocycles. The number of nitrogens with zero attached hydrogens (tertiary/aromatic N) is 1. The van der Waals surface area contributed by atoms with Crippen LogP contribution < -0.4 is 14.2 Å². The lowest BCUT2D eigenvalue weighted by molar-refractivity contribution is -0.277. The highest BCUT2D eigenvalue weighted by Gasteiger charge is 2.45. The summed E-state index contributed by atoms with van der Waals surface area (Å²) in [5.74, 6) is 1.39. The van der Waals surface area contributed by atoms with Gasteiger partial charge in [-0.05, 0) is 35.7 Å². The summed E-state index contributed by atoms with van der Waals surface area (Å²) in [4.78, 5) is 0. The third kappa shape index (κ3) is 4.17. The first-order valence-electron chi connectivity index (χ1n) is 11.2. The van der Waals surface area contributed by atoms with E-state index in [1.165, 1.54) is 6.07 Å². The fraction of sp³-hybridized carbons (Fsp3) is 0.375. The van der Waals surface area contributed by atoms with Crippen molar-refractivity contribution < 1.29 is 44.5 Å². The van der Waals surface area contributed by atoms with E-state index in [0.29, 0.717) is 34.7 Å². The summed E-state index contributed by atoms with van der Waals surface area (Å²) in [6.07, 6.45) is -4.94. The van der Waals surface area contributed by atoms with E-state index in [9.17, 15) is 25.5 Å². The summed E-state index contributed by atoms with van der Waals surface area (Å²) in [5, 5.41) is 57.7. The minimum Gasteiger partial charge on any atom is -0.507 e. The van der Waals surface area contributed by atoms with Crippen molar-refractivity contribution in [2.75, 3.05) is 13.4 Å². The van der Waals surface area contributed by atoms with E-state index in [-0.39, 0.29) is 18.3 Å². The number of aromatic nitrogens is 2. The van der Waals surface area contributed by atoms with E-state index in [2.05, 4.69) is 10.2 Å². The molecule has 0 amide bonds. The smallest absolute Gasteiger partial charge is 0.231 e. The summed E-state index contributed by atoms with van der Waals surface area (Å²) in [6, 6.07) is 8.64. The first kappa shape index (κ1) is 23.4. The maximum Gasteiger partial charge on any atom is 0.231 e. The molecule has 0 aliphatic carbocycles. The zero-order valence-corrected chi connectivity index (χ0v) is 18.8. The standard InChI is InChI=1S/C24H26N2O9/c1-2-11-5-13(20-14(8-25-26-20)12-3-4-16-18(6-12)33-10-32-16)15(28)7-17(11)34-24-23(31)22(30)21(29)19(9-27)35-24/h3-8,19,21-24,27-31H,2,9-10H2,1H3,(H,25,26)/t19-,21-,22+,23+,24+/m0/s1. The van der Waals surface area contributed by atoms with Crippen LogP contribution in [0.1, 0.15) is 12.5 Å². The number of aryl methyl sites for hydroxylation is 1. The largest absolute Gasteiger partial charge is 0.507 e. The number of benzene rings is 2. The fourth-order valence-corrected chi connectivity index (χ4v) is 4.26. The zero-order valence-electron chi connectivity index (χ0n) is 18.8. The molecule has 0 radical (unpaired) electrons. The van der Waals surface area contributed by atoms with Gasteiger partial charge < -0.3 is 44.5 Å². The van der Waals surface area contributed by atoms with Gasteiger partial charge in [-0.2, -0.15) is 5.10 Å². The molecule has 2 aromatic carbocycles. The topological polar surface area (TPSA) is 167 Å². The maximum absolute atomic E-state index is 10.9. The van der Waals surface area contributed by atoms with Crippen molar-refractivity contribution in [1.82, 2.24) is 10.2 Å². The van der Waals surface area contributed by atoms with Crippen LogP contribution in [-0.4, -0.2) is 79.8 Å². The number of hydrogen-bond donors (Lipinski definition) is 6. The molecule has 5 atom stereocenters. The van der Waals surface area contributed by atoms with Crippen LogP contribution in [0.5, 0.6) is 23.0 Å². The molecule has 1 saturated heterocycles. The fourth-order valence-electron chi connectivity index (χ4n) is 4.26. The van der Waals surface area contributed by atoms with Crippen LogP contribution in [0.3, 0.4) is 0 Å². The molecule has 2 aliphatic rings. The number of hydrogen-bond acceptors (Lipinski definition) is 10. The highest BCUT2D eigenvalue weighted by Crippen LogP contribution is 2.42. The summed E-state index contributed by atoms with van der Waals surface area (Å²) in [5.41, 5.74) is 3.30. The molecule has 186 valence electrons. The van der Waals surface area contributed by atoms with Crippen LogP contribution in [0.15, 0.2) is 36.5 Å². The lowest BCUT2D eigenvalue weighted by atomic mass is 9.97. The molecule has 3 heterocycles. The maximum atomic E-state index is 10.9. The molecule has 6 N–H and O–H groups in total. The van der Waals surface area contributed by atoms with Gasteiger partial charge in [-0.15, -0.1) is 0 Å². The van der Waals surface area contributed by atoms with Gasteiger partial charge in [-0.1, -0.05) is 13.0 Å². The SMILES string of the molecule is CCc1cc(-c2[nH]ncc2-c2ccc3c(c2)OCO3)c(O)cc1O[C@@H]1O[C@@H](CO)[C@H](O)[C@@H](O)[C@H]1O. The molecule has 5 rings (SSSR count). The molecular weight excluding hydrogens is 460 g/mol. The van der Waals surface area contributed by atoms with Crippen molar-refractivity contribution in [1.29, 1.82) is 0 Å². The van der Waals surface area contributed by atoms with Gasteiger partial charge in [-0.25, -0.2) is 0 Å². The van der Waals surface area contributed by atoms with Crippen molar-refractivity contribution in [3.63, 3.8) is 0 Å². The Labute approximate surface area is 200 Å². The van der Waals surface area contributed by atoms with Crippen molar-refractivity contribution in [2.45, 2.75) is 44.1 Å². The van der Waals surface area contributed by atoms with Crippen molar-refractivity contribution >= 4 is 0 Å². The van der Waals surface area contributed by atoms with E-state index in [0.717, 1.165) is 11.1 Å². The van der Waals surface area contributed by atoms with Gasteiger partial charge >= 0.3 is 0 Å². The number of phenolic OH excluding ortho intramolecular Hbond substituents is 1. The van der Waals surface area contributed by atoms with Gasteiger partial charge in [-0.3, -0.25) is 5.10 Å². The van der Waals surface area contributed by atoms with Crippen LogP contribution >= 0.6 is 0 Å². The van der Waals surface area contributed by atoms with E-state index in [1.807, 2.05) is 25.1 Å². The van der Waals surface area contributed by atoms with E-state index in [1.54, 1.807) is 12.3 Å². The first-order chi connectivity index (χ1) is 16.9. The normalized spacial score (nSPS) is 25.6. The summed E-state index contributed by atoms with van der Waals surface area (Å²) >= 11 is 0. The highest BCUT2D eigenvalue weighted by molar-refractivity contribution is 5.84. The Kier molecular flexibility index (Phi) is 6.26. The molecular formula is C24H26N2O9. The van der Waals surface area contributed by atoms with Crippen LogP contribution in [0, 0.1) is 0 Å². The minimum atomic E-state index is -1.57. The molecule has 35 heavy (non-hydrogen) atoms. The highest BCUT2D eigenvalue weighted by atomic mass is 16.7. The number of aliphatic hydroxyl groups is 4. The Morgan fingerprint density at radius 1 is 1.03 bits per heavy atom. The molecule has 11 heteroatoms. The lowest BCUT2D eigenvalue weighted by Crippen LogP contribution is -2.60. The molecule has 3 aromatic rings. The summed E-state index contributed by atoms with van der Waals surface area (Å²) in [7, 11) is 0. The number of nitrogens with one attached hydrogen (secondary N) is 1. The average Bonchev–Trinajstić information content (AvgIpc) is 3.53. The Morgan fingerprint density at radius 2 is 1.83 bits per heavy atom. The van der Waals surface area contributed by atoms with Crippen LogP contribution in [0.4, 0.5) is 0 Å². The van der Waals surface area contributed by atoms with E-state index < -0.39 is 37.3 Å². The number of aromatic amines is 1.